The van der Waals surface area contributed by atoms with Gasteiger partial charge in [-0.05, 0) is 36.5 Å². The van der Waals surface area contributed by atoms with Crippen LogP contribution in [0.25, 0.3) is 0 Å². The minimum atomic E-state index is -0.135. The van der Waals surface area contributed by atoms with E-state index < -0.39 is 0 Å². The van der Waals surface area contributed by atoms with Crippen LogP contribution in [-0.4, -0.2) is 33.2 Å². The van der Waals surface area contributed by atoms with Crippen LogP contribution in [-0.2, 0) is 9.47 Å². The zero-order chi connectivity index (χ0) is 13.8. The first-order chi connectivity index (χ1) is 9.83. The van der Waals surface area contributed by atoms with E-state index in [0.29, 0.717) is 12.5 Å². The fourth-order valence-electron chi connectivity index (χ4n) is 2.51. The standard InChI is InChI=1S/C15H21NO4/c16-13(9-18-8-11-3-5-17-6-4-11)12-1-2-14-15(7-12)20-10-19-14/h1-2,7,11,13H,3-6,8-10,16H2. The van der Waals surface area contributed by atoms with Crippen molar-refractivity contribution in [3.63, 3.8) is 0 Å². The summed E-state index contributed by atoms with van der Waals surface area (Å²) in [6.45, 7) is 3.28. The first-order valence-corrected chi connectivity index (χ1v) is 7.13. The Hall–Kier alpha value is -1.30. The molecular weight excluding hydrogens is 258 g/mol. The van der Waals surface area contributed by atoms with E-state index in [9.17, 15) is 0 Å². The number of nitrogens with two attached hydrogens (primary N) is 1. The van der Waals surface area contributed by atoms with Gasteiger partial charge in [0.15, 0.2) is 11.5 Å². The number of rotatable bonds is 5. The second-order valence-electron chi connectivity index (χ2n) is 5.31. The zero-order valence-electron chi connectivity index (χ0n) is 11.5. The molecule has 1 aromatic rings. The molecule has 0 radical (unpaired) electrons. The molecule has 1 saturated heterocycles. The van der Waals surface area contributed by atoms with Crippen molar-refractivity contribution in [3.05, 3.63) is 23.8 Å². The van der Waals surface area contributed by atoms with Gasteiger partial charge in [-0.1, -0.05) is 6.07 Å². The number of benzene rings is 1. The van der Waals surface area contributed by atoms with E-state index in [0.717, 1.165) is 49.7 Å². The molecule has 3 rings (SSSR count). The number of hydrogen-bond acceptors (Lipinski definition) is 5. The van der Waals surface area contributed by atoms with Gasteiger partial charge in [-0.3, -0.25) is 0 Å². The molecular formula is C15H21NO4. The van der Waals surface area contributed by atoms with Crippen molar-refractivity contribution in [1.82, 2.24) is 0 Å². The van der Waals surface area contributed by atoms with Crippen molar-refractivity contribution in [1.29, 1.82) is 0 Å². The molecule has 1 fully saturated rings. The number of hydrogen-bond donors (Lipinski definition) is 1. The molecule has 2 heterocycles. The Balaban J connectivity index is 1.47. The predicted molar refractivity (Wildman–Crippen MR) is 73.9 cm³/mol. The zero-order valence-corrected chi connectivity index (χ0v) is 11.5. The quantitative estimate of drug-likeness (QED) is 0.891. The largest absolute Gasteiger partial charge is 0.454 e. The Bertz CT molecular complexity index is 445. The normalized spacial score (nSPS) is 20.1. The maximum atomic E-state index is 6.16. The van der Waals surface area contributed by atoms with Crippen LogP contribution in [0.5, 0.6) is 11.5 Å². The topological polar surface area (TPSA) is 62.9 Å². The van der Waals surface area contributed by atoms with Crippen LogP contribution in [0, 0.1) is 5.92 Å². The molecule has 110 valence electrons. The Morgan fingerprint density at radius 3 is 2.85 bits per heavy atom. The maximum absolute atomic E-state index is 6.16. The molecule has 0 saturated carbocycles. The lowest BCUT2D eigenvalue weighted by Crippen LogP contribution is -2.23. The van der Waals surface area contributed by atoms with Crippen LogP contribution in [0.4, 0.5) is 0 Å². The lowest BCUT2D eigenvalue weighted by Gasteiger charge is -2.22. The van der Waals surface area contributed by atoms with E-state index in [4.69, 9.17) is 24.7 Å². The van der Waals surface area contributed by atoms with E-state index in [1.54, 1.807) is 0 Å². The molecule has 0 spiro atoms. The smallest absolute Gasteiger partial charge is 0.231 e. The minimum absolute atomic E-state index is 0.135. The van der Waals surface area contributed by atoms with Gasteiger partial charge in [-0.2, -0.15) is 0 Å². The molecule has 1 atom stereocenters. The van der Waals surface area contributed by atoms with Crippen LogP contribution >= 0.6 is 0 Å². The Morgan fingerprint density at radius 2 is 2.00 bits per heavy atom. The number of fused-ring (bicyclic) bond motifs is 1. The molecule has 2 N–H and O–H groups in total. The first kappa shape index (κ1) is 13.7. The van der Waals surface area contributed by atoms with Gasteiger partial charge in [0.25, 0.3) is 0 Å². The maximum Gasteiger partial charge on any atom is 0.231 e. The molecule has 5 heteroatoms. The Labute approximate surface area is 118 Å². The molecule has 5 nitrogen and oxygen atoms in total. The molecule has 20 heavy (non-hydrogen) atoms. The van der Waals surface area contributed by atoms with Crippen LogP contribution < -0.4 is 15.2 Å². The third-order valence-corrected chi connectivity index (χ3v) is 3.82. The third kappa shape index (κ3) is 3.23. The third-order valence-electron chi connectivity index (χ3n) is 3.82. The summed E-state index contributed by atoms with van der Waals surface area (Å²) in [5.74, 6) is 2.15. The van der Waals surface area contributed by atoms with Crippen molar-refractivity contribution in [2.45, 2.75) is 18.9 Å². The molecule has 0 aromatic heterocycles. The van der Waals surface area contributed by atoms with Gasteiger partial charge in [0.1, 0.15) is 0 Å². The molecule has 1 aromatic carbocycles. The summed E-state index contributed by atoms with van der Waals surface area (Å²) in [6.07, 6.45) is 2.17. The Kier molecular flexibility index (Phi) is 4.40. The highest BCUT2D eigenvalue weighted by Gasteiger charge is 2.17. The highest BCUT2D eigenvalue weighted by atomic mass is 16.7. The van der Waals surface area contributed by atoms with E-state index in [2.05, 4.69) is 0 Å². The van der Waals surface area contributed by atoms with Gasteiger partial charge in [0, 0.05) is 19.8 Å². The summed E-state index contributed by atoms with van der Waals surface area (Å²) in [5, 5.41) is 0. The van der Waals surface area contributed by atoms with Gasteiger partial charge in [0.05, 0.1) is 12.6 Å². The molecule has 2 aliphatic rings. The summed E-state index contributed by atoms with van der Waals surface area (Å²) in [4.78, 5) is 0. The van der Waals surface area contributed by atoms with Crippen molar-refractivity contribution in [2.75, 3.05) is 33.2 Å². The van der Waals surface area contributed by atoms with Crippen LogP contribution in [0.2, 0.25) is 0 Å². The first-order valence-electron chi connectivity index (χ1n) is 7.13. The van der Waals surface area contributed by atoms with E-state index >= 15 is 0 Å². The van der Waals surface area contributed by atoms with E-state index in [1.165, 1.54) is 0 Å². The second-order valence-corrected chi connectivity index (χ2v) is 5.31. The lowest BCUT2D eigenvalue weighted by atomic mass is 10.0. The Morgan fingerprint density at radius 1 is 1.20 bits per heavy atom. The van der Waals surface area contributed by atoms with Gasteiger partial charge in [-0.25, -0.2) is 0 Å². The van der Waals surface area contributed by atoms with Gasteiger partial charge in [-0.15, -0.1) is 0 Å². The fourth-order valence-corrected chi connectivity index (χ4v) is 2.51. The van der Waals surface area contributed by atoms with Gasteiger partial charge in [0.2, 0.25) is 6.79 Å². The van der Waals surface area contributed by atoms with Crippen molar-refractivity contribution >= 4 is 0 Å². The molecule has 0 aliphatic carbocycles. The molecule has 2 aliphatic heterocycles. The van der Waals surface area contributed by atoms with E-state index in [-0.39, 0.29) is 12.8 Å². The highest BCUT2D eigenvalue weighted by Crippen LogP contribution is 2.33. The summed E-state index contributed by atoms with van der Waals surface area (Å²) in [7, 11) is 0. The summed E-state index contributed by atoms with van der Waals surface area (Å²) in [5.41, 5.74) is 7.17. The van der Waals surface area contributed by atoms with Gasteiger partial charge < -0.3 is 24.7 Å². The molecule has 1 unspecified atom stereocenters. The van der Waals surface area contributed by atoms with Gasteiger partial charge >= 0.3 is 0 Å². The minimum Gasteiger partial charge on any atom is -0.454 e. The number of ether oxygens (including phenoxy) is 4. The average molecular weight is 279 g/mol. The van der Waals surface area contributed by atoms with Crippen LogP contribution in [0.1, 0.15) is 24.4 Å². The predicted octanol–water partition coefficient (Wildman–Crippen LogP) is 1.86. The van der Waals surface area contributed by atoms with Crippen LogP contribution in [0.3, 0.4) is 0 Å². The summed E-state index contributed by atoms with van der Waals surface area (Å²) >= 11 is 0. The van der Waals surface area contributed by atoms with Crippen molar-refractivity contribution in [2.24, 2.45) is 11.7 Å². The molecule has 0 amide bonds. The second kappa shape index (κ2) is 6.43. The highest BCUT2D eigenvalue weighted by molar-refractivity contribution is 5.45. The molecule has 0 bridgehead atoms. The SMILES string of the molecule is NC(COCC1CCOCC1)c1ccc2c(c1)OCO2. The summed E-state index contributed by atoms with van der Waals surface area (Å²) in [6, 6.07) is 5.67. The van der Waals surface area contributed by atoms with Crippen molar-refractivity contribution in [3.8, 4) is 11.5 Å². The summed E-state index contributed by atoms with van der Waals surface area (Å²) < 4.78 is 21.7. The lowest BCUT2D eigenvalue weighted by molar-refractivity contribution is 0.0174. The van der Waals surface area contributed by atoms with Crippen molar-refractivity contribution < 1.29 is 18.9 Å². The van der Waals surface area contributed by atoms with Crippen LogP contribution in [0.15, 0.2) is 18.2 Å². The fraction of sp³-hybridized carbons (Fsp3) is 0.600. The average Bonchev–Trinajstić information content (AvgIpc) is 2.95. The van der Waals surface area contributed by atoms with E-state index in [1.807, 2.05) is 18.2 Å². The monoisotopic (exact) mass is 279 g/mol.